The lowest BCUT2D eigenvalue weighted by molar-refractivity contribution is 0.184. The van der Waals surface area contributed by atoms with Crippen molar-refractivity contribution < 1.29 is 9.13 Å². The van der Waals surface area contributed by atoms with E-state index in [1.165, 1.54) is 12.1 Å². The fourth-order valence-electron chi connectivity index (χ4n) is 1.42. The minimum Gasteiger partial charge on any atom is -0.383 e. The lowest BCUT2D eigenvalue weighted by Crippen LogP contribution is -2.24. The Morgan fingerprint density at radius 1 is 1.56 bits per heavy atom. The normalized spacial score (nSPS) is 11.9. The first-order chi connectivity index (χ1) is 7.71. The van der Waals surface area contributed by atoms with Crippen LogP contribution in [-0.4, -0.2) is 19.8 Å². The second kappa shape index (κ2) is 6.09. The number of ether oxygens (including phenoxy) is 1. The molecule has 0 saturated heterocycles. The minimum atomic E-state index is -0.401. The van der Waals surface area contributed by atoms with Crippen molar-refractivity contribution in [3.63, 3.8) is 0 Å². The summed E-state index contributed by atoms with van der Waals surface area (Å²) in [6.45, 7) is 2.57. The maximum Gasteiger partial charge on any atom is 0.124 e. The molecule has 1 rings (SSSR count). The number of hydrogen-bond acceptors (Lipinski definition) is 3. The predicted octanol–water partition coefficient (Wildman–Crippen LogP) is 2.53. The van der Waals surface area contributed by atoms with E-state index in [1.54, 1.807) is 13.2 Å². The van der Waals surface area contributed by atoms with E-state index in [-0.39, 0.29) is 6.04 Å². The van der Waals surface area contributed by atoms with Crippen LogP contribution in [0.3, 0.4) is 0 Å². The van der Waals surface area contributed by atoms with Crippen molar-refractivity contribution in [2.24, 2.45) is 0 Å². The van der Waals surface area contributed by atoms with Gasteiger partial charge in [0.15, 0.2) is 0 Å². The van der Waals surface area contributed by atoms with E-state index in [0.29, 0.717) is 17.9 Å². The summed E-state index contributed by atoms with van der Waals surface area (Å²) >= 11 is 0. The number of rotatable bonds is 5. The van der Waals surface area contributed by atoms with Crippen molar-refractivity contribution >= 4 is 5.69 Å². The third-order valence-electron chi connectivity index (χ3n) is 2.32. The van der Waals surface area contributed by atoms with Crippen LogP contribution in [0.25, 0.3) is 0 Å². The van der Waals surface area contributed by atoms with Gasteiger partial charge in [-0.2, -0.15) is 5.26 Å². The number of anilines is 1. The van der Waals surface area contributed by atoms with Crippen LogP contribution in [0, 0.1) is 17.1 Å². The molecular formula is C12H15FN2O. The molecule has 86 valence electrons. The fourth-order valence-corrected chi connectivity index (χ4v) is 1.42. The van der Waals surface area contributed by atoms with Crippen LogP contribution in [0.4, 0.5) is 10.1 Å². The van der Waals surface area contributed by atoms with Crippen LogP contribution < -0.4 is 5.32 Å². The van der Waals surface area contributed by atoms with Gasteiger partial charge in [0.25, 0.3) is 0 Å². The first kappa shape index (κ1) is 12.5. The average molecular weight is 222 g/mol. The molecule has 0 fully saturated rings. The molecule has 0 aliphatic heterocycles. The molecule has 0 aliphatic rings. The highest BCUT2D eigenvalue weighted by molar-refractivity contribution is 5.57. The number of halogens is 1. The summed E-state index contributed by atoms with van der Waals surface area (Å²) in [6, 6.07) is 6.23. The molecule has 0 bridgehead atoms. The molecule has 0 aromatic heterocycles. The van der Waals surface area contributed by atoms with Gasteiger partial charge in [0, 0.05) is 13.2 Å². The van der Waals surface area contributed by atoms with E-state index in [9.17, 15) is 4.39 Å². The van der Waals surface area contributed by atoms with Gasteiger partial charge in [-0.3, -0.25) is 0 Å². The highest BCUT2D eigenvalue weighted by atomic mass is 19.1. The highest BCUT2D eigenvalue weighted by Crippen LogP contribution is 2.17. The van der Waals surface area contributed by atoms with Crippen molar-refractivity contribution in [3.8, 4) is 6.07 Å². The average Bonchev–Trinajstić information content (AvgIpc) is 2.30. The second-order valence-corrected chi connectivity index (χ2v) is 3.51. The smallest absolute Gasteiger partial charge is 0.124 e. The van der Waals surface area contributed by atoms with Gasteiger partial charge < -0.3 is 10.1 Å². The number of nitrogens with zero attached hydrogens (tertiary/aromatic N) is 1. The Labute approximate surface area is 94.8 Å². The van der Waals surface area contributed by atoms with E-state index in [0.717, 1.165) is 6.42 Å². The molecule has 0 amide bonds. The molecule has 1 aromatic rings. The minimum absolute atomic E-state index is 0.127. The molecule has 0 radical (unpaired) electrons. The molecule has 1 atom stereocenters. The summed E-state index contributed by atoms with van der Waals surface area (Å²) in [7, 11) is 1.63. The van der Waals surface area contributed by atoms with Crippen molar-refractivity contribution in [2.75, 3.05) is 19.0 Å². The van der Waals surface area contributed by atoms with Gasteiger partial charge in [0.1, 0.15) is 11.9 Å². The van der Waals surface area contributed by atoms with Crippen molar-refractivity contribution in [1.29, 1.82) is 5.26 Å². The van der Waals surface area contributed by atoms with Crippen molar-refractivity contribution in [1.82, 2.24) is 0 Å². The van der Waals surface area contributed by atoms with Gasteiger partial charge in [-0.15, -0.1) is 0 Å². The molecule has 0 saturated carbocycles. The third kappa shape index (κ3) is 3.21. The zero-order valence-corrected chi connectivity index (χ0v) is 9.46. The van der Waals surface area contributed by atoms with E-state index < -0.39 is 5.82 Å². The van der Waals surface area contributed by atoms with E-state index in [1.807, 2.05) is 13.0 Å². The van der Waals surface area contributed by atoms with Crippen LogP contribution in [0.15, 0.2) is 18.2 Å². The molecule has 4 heteroatoms. The number of hydrogen-bond donors (Lipinski definition) is 1. The Balaban J connectivity index is 2.83. The van der Waals surface area contributed by atoms with Crippen LogP contribution in [-0.2, 0) is 4.74 Å². The molecule has 0 spiro atoms. The van der Waals surface area contributed by atoms with Crippen LogP contribution in [0.1, 0.15) is 18.9 Å². The Bertz CT molecular complexity index is 387. The van der Waals surface area contributed by atoms with E-state index >= 15 is 0 Å². The molecule has 16 heavy (non-hydrogen) atoms. The monoisotopic (exact) mass is 222 g/mol. The SMILES string of the molecule is CCC(COC)Nc1ccc(F)cc1C#N. The third-order valence-corrected chi connectivity index (χ3v) is 2.32. The Kier molecular flexibility index (Phi) is 4.74. The molecule has 1 aromatic carbocycles. The van der Waals surface area contributed by atoms with Crippen LogP contribution >= 0.6 is 0 Å². The Morgan fingerprint density at radius 3 is 2.88 bits per heavy atom. The molecule has 1 N–H and O–H groups in total. The fraction of sp³-hybridized carbons (Fsp3) is 0.417. The zero-order valence-electron chi connectivity index (χ0n) is 9.46. The molecule has 1 unspecified atom stereocenters. The Hall–Kier alpha value is -1.60. The first-order valence-corrected chi connectivity index (χ1v) is 5.16. The van der Waals surface area contributed by atoms with Gasteiger partial charge >= 0.3 is 0 Å². The molecular weight excluding hydrogens is 207 g/mol. The van der Waals surface area contributed by atoms with Gasteiger partial charge in [-0.1, -0.05) is 6.92 Å². The Morgan fingerprint density at radius 2 is 2.31 bits per heavy atom. The summed E-state index contributed by atoms with van der Waals surface area (Å²) in [6.07, 6.45) is 0.871. The van der Waals surface area contributed by atoms with Gasteiger partial charge in [-0.25, -0.2) is 4.39 Å². The number of methoxy groups -OCH3 is 1. The quantitative estimate of drug-likeness (QED) is 0.832. The summed E-state index contributed by atoms with van der Waals surface area (Å²) in [5, 5.41) is 12.0. The topological polar surface area (TPSA) is 45.0 Å². The zero-order chi connectivity index (χ0) is 12.0. The summed E-state index contributed by atoms with van der Waals surface area (Å²) < 4.78 is 17.9. The van der Waals surface area contributed by atoms with Gasteiger partial charge in [-0.05, 0) is 24.6 Å². The predicted molar refractivity (Wildman–Crippen MR) is 60.7 cm³/mol. The maximum atomic E-state index is 12.9. The number of benzene rings is 1. The molecule has 3 nitrogen and oxygen atoms in total. The summed E-state index contributed by atoms with van der Waals surface area (Å²) in [5.41, 5.74) is 0.961. The van der Waals surface area contributed by atoms with E-state index in [2.05, 4.69) is 5.32 Å². The maximum absolute atomic E-state index is 12.9. The second-order valence-electron chi connectivity index (χ2n) is 3.51. The summed E-state index contributed by atoms with van der Waals surface area (Å²) in [5.74, 6) is -0.401. The van der Waals surface area contributed by atoms with Crippen molar-refractivity contribution in [2.45, 2.75) is 19.4 Å². The standard InChI is InChI=1S/C12H15FN2O/c1-3-11(8-16-2)15-12-5-4-10(13)6-9(12)7-14/h4-6,11,15H,3,8H2,1-2H3. The van der Waals surface area contributed by atoms with Gasteiger partial charge in [0.05, 0.1) is 17.9 Å². The molecule has 0 heterocycles. The number of nitrogens with one attached hydrogen (secondary N) is 1. The lowest BCUT2D eigenvalue weighted by atomic mass is 10.1. The van der Waals surface area contributed by atoms with E-state index in [4.69, 9.17) is 10.00 Å². The van der Waals surface area contributed by atoms with Crippen molar-refractivity contribution in [3.05, 3.63) is 29.6 Å². The highest BCUT2D eigenvalue weighted by Gasteiger charge is 2.09. The van der Waals surface area contributed by atoms with Crippen LogP contribution in [0.5, 0.6) is 0 Å². The largest absolute Gasteiger partial charge is 0.383 e. The summed E-state index contributed by atoms with van der Waals surface area (Å²) in [4.78, 5) is 0. The van der Waals surface area contributed by atoms with Crippen LogP contribution in [0.2, 0.25) is 0 Å². The lowest BCUT2D eigenvalue weighted by Gasteiger charge is -2.18. The number of nitriles is 1. The molecule has 0 aliphatic carbocycles. The first-order valence-electron chi connectivity index (χ1n) is 5.16. The van der Waals surface area contributed by atoms with Gasteiger partial charge in [0.2, 0.25) is 0 Å².